The van der Waals surface area contributed by atoms with Gasteiger partial charge in [-0.25, -0.2) is 4.79 Å². The van der Waals surface area contributed by atoms with Crippen molar-refractivity contribution >= 4 is 12.0 Å². The number of hydrogen-bond acceptors (Lipinski definition) is 6. The molecule has 0 spiro atoms. The molecule has 2 aliphatic heterocycles. The third-order valence-corrected chi connectivity index (χ3v) is 3.25. The summed E-state index contributed by atoms with van der Waals surface area (Å²) in [5.74, 6) is 0.954. The lowest BCUT2D eigenvalue weighted by Gasteiger charge is -2.11. The highest BCUT2D eigenvalue weighted by atomic mass is 16.6. The highest BCUT2D eigenvalue weighted by Crippen LogP contribution is 2.27. The summed E-state index contributed by atoms with van der Waals surface area (Å²) in [6.07, 6.45) is 3.36. The molecule has 0 radical (unpaired) electrons. The van der Waals surface area contributed by atoms with Crippen LogP contribution in [0.15, 0.2) is 24.3 Å². The van der Waals surface area contributed by atoms with E-state index >= 15 is 0 Å². The average Bonchev–Trinajstić information content (AvgIpc) is 3.43. The Morgan fingerprint density at radius 1 is 1.23 bits per heavy atom. The first-order valence-corrected chi connectivity index (χ1v) is 7.13. The zero-order valence-corrected chi connectivity index (χ0v) is 12.3. The van der Waals surface area contributed by atoms with Gasteiger partial charge in [0.05, 0.1) is 20.3 Å². The summed E-state index contributed by atoms with van der Waals surface area (Å²) in [6, 6.07) is 5.48. The quantitative estimate of drug-likeness (QED) is 0.411. The van der Waals surface area contributed by atoms with Crippen molar-refractivity contribution in [2.45, 2.75) is 12.2 Å². The number of epoxide rings is 2. The number of carbonyl (C=O) groups is 1. The van der Waals surface area contributed by atoms with Crippen LogP contribution < -0.4 is 9.47 Å². The third kappa shape index (κ3) is 4.47. The summed E-state index contributed by atoms with van der Waals surface area (Å²) >= 11 is 0. The van der Waals surface area contributed by atoms with Gasteiger partial charge in [0.25, 0.3) is 0 Å². The fraction of sp³-hybridized carbons (Fsp3) is 0.438. The molecule has 2 heterocycles. The molecular formula is C16H18O6. The second kappa shape index (κ2) is 6.81. The molecule has 3 rings (SSSR count). The van der Waals surface area contributed by atoms with Gasteiger partial charge < -0.3 is 23.7 Å². The molecule has 0 bridgehead atoms. The lowest BCUT2D eigenvalue weighted by molar-refractivity contribution is -0.134. The van der Waals surface area contributed by atoms with Gasteiger partial charge in [-0.1, -0.05) is 0 Å². The molecule has 2 fully saturated rings. The number of hydrogen-bond donors (Lipinski definition) is 0. The molecule has 22 heavy (non-hydrogen) atoms. The molecule has 0 aliphatic carbocycles. The van der Waals surface area contributed by atoms with Crippen LogP contribution in [0.5, 0.6) is 11.5 Å². The Balaban J connectivity index is 1.70. The molecule has 0 aromatic heterocycles. The van der Waals surface area contributed by atoms with E-state index in [9.17, 15) is 4.79 Å². The fourth-order valence-corrected chi connectivity index (χ4v) is 1.80. The Hall–Kier alpha value is -2.05. The lowest BCUT2D eigenvalue weighted by atomic mass is 10.1. The number of methoxy groups -OCH3 is 1. The van der Waals surface area contributed by atoms with Crippen LogP contribution in [-0.2, 0) is 19.0 Å². The molecule has 2 aliphatic rings. The third-order valence-electron chi connectivity index (χ3n) is 3.25. The highest BCUT2D eigenvalue weighted by molar-refractivity contribution is 5.87. The molecule has 0 amide bonds. The van der Waals surface area contributed by atoms with Crippen molar-refractivity contribution in [2.24, 2.45) is 0 Å². The van der Waals surface area contributed by atoms with E-state index in [1.165, 1.54) is 13.2 Å². The molecule has 0 saturated carbocycles. The highest BCUT2D eigenvalue weighted by Gasteiger charge is 2.24. The SMILES string of the molecule is COC(=O)/C=C/c1cc(OC[C@@H]2CO2)ccc1OCC1CO1. The van der Waals surface area contributed by atoms with Crippen molar-refractivity contribution in [3.05, 3.63) is 29.8 Å². The normalized spacial score (nSPS) is 22.4. The van der Waals surface area contributed by atoms with Crippen LogP contribution in [0.1, 0.15) is 5.56 Å². The van der Waals surface area contributed by atoms with Crippen molar-refractivity contribution in [3.63, 3.8) is 0 Å². The molecule has 118 valence electrons. The Bertz CT molecular complexity index is 560. The Labute approximate surface area is 128 Å². The Kier molecular flexibility index (Phi) is 4.60. The van der Waals surface area contributed by atoms with Crippen LogP contribution in [0.25, 0.3) is 6.08 Å². The summed E-state index contributed by atoms with van der Waals surface area (Å²) in [7, 11) is 1.34. The first-order valence-electron chi connectivity index (χ1n) is 7.13. The summed E-state index contributed by atoms with van der Waals surface area (Å²) in [6.45, 7) is 2.50. The maximum absolute atomic E-state index is 11.3. The molecular weight excluding hydrogens is 288 g/mol. The number of ether oxygens (including phenoxy) is 5. The second-order valence-electron chi connectivity index (χ2n) is 5.09. The minimum Gasteiger partial charge on any atom is -0.491 e. The van der Waals surface area contributed by atoms with Gasteiger partial charge in [-0.05, 0) is 24.3 Å². The summed E-state index contributed by atoms with van der Waals surface area (Å²) < 4.78 is 26.2. The molecule has 6 nitrogen and oxygen atoms in total. The molecule has 1 unspecified atom stereocenters. The van der Waals surface area contributed by atoms with Gasteiger partial charge >= 0.3 is 5.97 Å². The topological polar surface area (TPSA) is 69.8 Å². The zero-order chi connectivity index (χ0) is 15.4. The summed E-state index contributed by atoms with van der Waals surface area (Å²) in [4.78, 5) is 11.3. The van der Waals surface area contributed by atoms with E-state index in [0.717, 1.165) is 18.8 Å². The number of rotatable bonds is 8. The van der Waals surface area contributed by atoms with Crippen LogP contribution in [0.3, 0.4) is 0 Å². The van der Waals surface area contributed by atoms with Crippen molar-refractivity contribution in [1.29, 1.82) is 0 Å². The first kappa shape index (κ1) is 14.9. The van der Waals surface area contributed by atoms with Crippen LogP contribution in [0.4, 0.5) is 0 Å². The van der Waals surface area contributed by atoms with Crippen molar-refractivity contribution < 1.29 is 28.5 Å². The molecule has 0 N–H and O–H groups in total. The number of esters is 1. The van der Waals surface area contributed by atoms with Crippen molar-refractivity contribution in [1.82, 2.24) is 0 Å². The summed E-state index contributed by atoms with van der Waals surface area (Å²) in [5.41, 5.74) is 0.750. The van der Waals surface area contributed by atoms with Crippen LogP contribution in [-0.4, -0.2) is 51.7 Å². The minimum atomic E-state index is -0.422. The Morgan fingerprint density at radius 2 is 1.91 bits per heavy atom. The van der Waals surface area contributed by atoms with Crippen molar-refractivity contribution in [2.75, 3.05) is 33.5 Å². The smallest absolute Gasteiger partial charge is 0.330 e. The van der Waals surface area contributed by atoms with E-state index in [1.807, 2.05) is 18.2 Å². The van der Waals surface area contributed by atoms with Gasteiger partial charge in [0.1, 0.15) is 36.9 Å². The maximum atomic E-state index is 11.3. The largest absolute Gasteiger partial charge is 0.491 e. The molecule has 2 atom stereocenters. The van der Waals surface area contributed by atoms with Crippen LogP contribution >= 0.6 is 0 Å². The standard InChI is InChI=1S/C16H18O6/c1-18-16(17)5-2-11-6-12(19-7-13-8-20-13)3-4-15(11)22-10-14-9-21-14/h2-6,13-14H,7-10H2,1H3/b5-2+/t13-,14?/m1/s1. The van der Waals surface area contributed by atoms with E-state index < -0.39 is 5.97 Å². The molecule has 1 aromatic rings. The van der Waals surface area contributed by atoms with Gasteiger partial charge in [-0.15, -0.1) is 0 Å². The van der Waals surface area contributed by atoms with Gasteiger partial charge in [0.15, 0.2) is 0 Å². The van der Waals surface area contributed by atoms with E-state index in [0.29, 0.717) is 24.7 Å². The lowest BCUT2D eigenvalue weighted by Crippen LogP contribution is -2.06. The van der Waals surface area contributed by atoms with Crippen molar-refractivity contribution in [3.8, 4) is 11.5 Å². The second-order valence-corrected chi connectivity index (χ2v) is 5.09. The Morgan fingerprint density at radius 3 is 2.55 bits per heavy atom. The van der Waals surface area contributed by atoms with E-state index in [2.05, 4.69) is 4.74 Å². The van der Waals surface area contributed by atoms with Crippen LogP contribution in [0, 0.1) is 0 Å². The monoisotopic (exact) mass is 306 g/mol. The van der Waals surface area contributed by atoms with Gasteiger partial charge in [-0.2, -0.15) is 0 Å². The molecule has 1 aromatic carbocycles. The van der Waals surface area contributed by atoms with Gasteiger partial charge in [0, 0.05) is 11.6 Å². The van der Waals surface area contributed by atoms with Gasteiger partial charge in [-0.3, -0.25) is 0 Å². The average molecular weight is 306 g/mol. The predicted octanol–water partition coefficient (Wildman–Crippen LogP) is 1.43. The number of benzene rings is 1. The van der Waals surface area contributed by atoms with E-state index in [1.54, 1.807) is 6.08 Å². The van der Waals surface area contributed by atoms with Crippen LogP contribution in [0.2, 0.25) is 0 Å². The fourth-order valence-electron chi connectivity index (χ4n) is 1.80. The number of carbonyl (C=O) groups excluding carboxylic acids is 1. The predicted molar refractivity (Wildman–Crippen MR) is 78.0 cm³/mol. The zero-order valence-electron chi connectivity index (χ0n) is 12.3. The molecule has 6 heteroatoms. The van der Waals surface area contributed by atoms with E-state index in [-0.39, 0.29) is 12.2 Å². The van der Waals surface area contributed by atoms with E-state index in [4.69, 9.17) is 18.9 Å². The first-order chi connectivity index (χ1) is 10.7. The summed E-state index contributed by atoms with van der Waals surface area (Å²) in [5, 5.41) is 0. The minimum absolute atomic E-state index is 0.167. The van der Waals surface area contributed by atoms with Gasteiger partial charge in [0.2, 0.25) is 0 Å². The maximum Gasteiger partial charge on any atom is 0.330 e. The molecule has 2 saturated heterocycles.